The Kier molecular flexibility index (Phi) is 4.19. The number of rotatable bonds is 2. The molecule has 0 amide bonds. The maximum atomic E-state index is 10.0. The number of piperazine rings is 1. The minimum Gasteiger partial charge on any atom is -0.393 e. The van der Waals surface area contributed by atoms with Crippen LogP contribution in [0.3, 0.4) is 0 Å². The molecule has 3 unspecified atom stereocenters. The second-order valence-corrected chi connectivity index (χ2v) is 6.14. The monoisotopic (exact) mass is 254 g/mol. The average molecular weight is 254 g/mol. The summed E-state index contributed by atoms with van der Waals surface area (Å²) < 4.78 is 5.50. The Morgan fingerprint density at radius 3 is 2.94 bits per heavy atom. The minimum atomic E-state index is -0.150. The van der Waals surface area contributed by atoms with E-state index in [-0.39, 0.29) is 6.10 Å². The molecular formula is C14H26N2O2. The molecule has 3 rings (SSSR count). The number of piperidine rings is 1. The van der Waals surface area contributed by atoms with Crippen molar-refractivity contribution in [1.82, 2.24) is 9.80 Å². The zero-order chi connectivity index (χ0) is 12.4. The Hall–Kier alpha value is -0.160. The third-order valence-electron chi connectivity index (χ3n) is 4.85. The summed E-state index contributed by atoms with van der Waals surface area (Å²) in [6.07, 6.45) is 4.80. The molecule has 3 saturated heterocycles. The van der Waals surface area contributed by atoms with Crippen LogP contribution in [0.4, 0.5) is 0 Å². The van der Waals surface area contributed by atoms with Gasteiger partial charge in [0.05, 0.1) is 12.7 Å². The van der Waals surface area contributed by atoms with Crippen LogP contribution in [0.5, 0.6) is 0 Å². The summed E-state index contributed by atoms with van der Waals surface area (Å²) in [6.45, 7) is 7.37. The van der Waals surface area contributed by atoms with Gasteiger partial charge in [0.15, 0.2) is 0 Å². The predicted octanol–water partition coefficient (Wildman–Crippen LogP) is 0.554. The van der Waals surface area contributed by atoms with E-state index in [9.17, 15) is 5.11 Å². The van der Waals surface area contributed by atoms with Gasteiger partial charge < -0.3 is 14.7 Å². The molecule has 0 aromatic carbocycles. The van der Waals surface area contributed by atoms with E-state index in [4.69, 9.17) is 4.74 Å². The first-order valence-electron chi connectivity index (χ1n) is 7.55. The van der Waals surface area contributed by atoms with Crippen molar-refractivity contribution >= 4 is 0 Å². The molecule has 4 heteroatoms. The van der Waals surface area contributed by atoms with Crippen molar-refractivity contribution in [2.45, 2.75) is 37.8 Å². The minimum absolute atomic E-state index is 0.150. The normalized spacial score (nSPS) is 39.5. The fraction of sp³-hybridized carbons (Fsp3) is 1.00. The van der Waals surface area contributed by atoms with Crippen LogP contribution in [-0.4, -0.2) is 73.0 Å². The fourth-order valence-corrected chi connectivity index (χ4v) is 3.68. The van der Waals surface area contributed by atoms with Crippen molar-refractivity contribution in [3.63, 3.8) is 0 Å². The molecule has 3 fully saturated rings. The third kappa shape index (κ3) is 2.87. The van der Waals surface area contributed by atoms with Crippen LogP contribution in [0.1, 0.15) is 25.7 Å². The van der Waals surface area contributed by atoms with E-state index in [1.807, 2.05) is 0 Å². The zero-order valence-corrected chi connectivity index (χ0v) is 11.3. The molecule has 3 atom stereocenters. The first-order valence-corrected chi connectivity index (χ1v) is 7.55. The number of aliphatic hydroxyl groups is 1. The molecule has 0 spiro atoms. The Morgan fingerprint density at radius 1 is 1.11 bits per heavy atom. The highest BCUT2D eigenvalue weighted by atomic mass is 16.5. The molecule has 104 valence electrons. The number of aliphatic hydroxyl groups excluding tert-OH is 1. The van der Waals surface area contributed by atoms with E-state index in [1.54, 1.807) is 0 Å². The smallest absolute Gasteiger partial charge is 0.0624 e. The number of ether oxygens (including phenoxy) is 1. The van der Waals surface area contributed by atoms with Crippen molar-refractivity contribution in [1.29, 1.82) is 0 Å². The topological polar surface area (TPSA) is 35.9 Å². The SMILES string of the molecule is OC1CCOCC1CN1CCN2CCCCC2C1. The van der Waals surface area contributed by atoms with Crippen molar-refractivity contribution in [3.05, 3.63) is 0 Å². The molecule has 0 aliphatic carbocycles. The van der Waals surface area contributed by atoms with E-state index in [0.717, 1.165) is 32.2 Å². The summed E-state index contributed by atoms with van der Waals surface area (Å²) in [5.41, 5.74) is 0. The highest BCUT2D eigenvalue weighted by molar-refractivity contribution is 4.87. The lowest BCUT2D eigenvalue weighted by Gasteiger charge is -2.45. The number of hydrogen-bond donors (Lipinski definition) is 1. The summed E-state index contributed by atoms with van der Waals surface area (Å²) in [7, 11) is 0. The number of hydrogen-bond acceptors (Lipinski definition) is 4. The van der Waals surface area contributed by atoms with E-state index < -0.39 is 0 Å². The number of nitrogens with zero attached hydrogens (tertiary/aromatic N) is 2. The molecule has 0 saturated carbocycles. The molecule has 4 nitrogen and oxygen atoms in total. The van der Waals surface area contributed by atoms with Gasteiger partial charge in [-0.1, -0.05) is 6.42 Å². The highest BCUT2D eigenvalue weighted by Gasteiger charge is 2.32. The second-order valence-electron chi connectivity index (χ2n) is 6.14. The van der Waals surface area contributed by atoms with Crippen LogP contribution in [0, 0.1) is 5.92 Å². The van der Waals surface area contributed by atoms with E-state index in [0.29, 0.717) is 5.92 Å². The fourth-order valence-electron chi connectivity index (χ4n) is 3.68. The van der Waals surface area contributed by atoms with E-state index >= 15 is 0 Å². The average Bonchev–Trinajstić information content (AvgIpc) is 2.41. The van der Waals surface area contributed by atoms with E-state index in [2.05, 4.69) is 9.80 Å². The quantitative estimate of drug-likeness (QED) is 0.781. The summed E-state index contributed by atoms with van der Waals surface area (Å²) in [4.78, 5) is 5.21. The first kappa shape index (κ1) is 12.9. The molecule has 3 heterocycles. The van der Waals surface area contributed by atoms with Crippen molar-refractivity contribution in [2.24, 2.45) is 5.92 Å². The van der Waals surface area contributed by atoms with Crippen LogP contribution in [0.25, 0.3) is 0 Å². The molecule has 0 aromatic rings. The predicted molar refractivity (Wildman–Crippen MR) is 70.6 cm³/mol. The van der Waals surface area contributed by atoms with Gasteiger partial charge in [-0.15, -0.1) is 0 Å². The Morgan fingerprint density at radius 2 is 2.06 bits per heavy atom. The van der Waals surface area contributed by atoms with Crippen LogP contribution < -0.4 is 0 Å². The lowest BCUT2D eigenvalue weighted by molar-refractivity contribution is -0.0556. The molecule has 0 bridgehead atoms. The van der Waals surface area contributed by atoms with Gasteiger partial charge in [-0.05, 0) is 25.8 Å². The Bertz CT molecular complexity index is 275. The number of fused-ring (bicyclic) bond motifs is 1. The van der Waals surface area contributed by atoms with Crippen molar-refractivity contribution in [3.8, 4) is 0 Å². The molecule has 18 heavy (non-hydrogen) atoms. The second kappa shape index (κ2) is 5.87. The summed E-state index contributed by atoms with van der Waals surface area (Å²) in [5.74, 6) is 0.328. The van der Waals surface area contributed by atoms with Gasteiger partial charge in [-0.3, -0.25) is 4.90 Å². The molecular weight excluding hydrogens is 228 g/mol. The van der Waals surface area contributed by atoms with Gasteiger partial charge in [0.1, 0.15) is 0 Å². The standard InChI is InChI=1S/C14H26N2O2/c17-14-4-8-18-11-12(14)9-15-6-7-16-5-2-1-3-13(16)10-15/h12-14,17H,1-11H2. The summed E-state index contributed by atoms with van der Waals surface area (Å²) >= 11 is 0. The Balaban J connectivity index is 1.51. The van der Waals surface area contributed by atoms with Gasteiger partial charge >= 0.3 is 0 Å². The van der Waals surface area contributed by atoms with Crippen molar-refractivity contribution < 1.29 is 9.84 Å². The lowest BCUT2D eigenvalue weighted by atomic mass is 9.95. The summed E-state index contributed by atoms with van der Waals surface area (Å²) in [5, 5.41) is 10.0. The highest BCUT2D eigenvalue weighted by Crippen LogP contribution is 2.23. The lowest BCUT2D eigenvalue weighted by Crippen LogP contribution is -2.56. The molecule has 1 N–H and O–H groups in total. The summed E-state index contributed by atoms with van der Waals surface area (Å²) in [6, 6.07) is 0.772. The van der Waals surface area contributed by atoms with Crippen LogP contribution in [0.2, 0.25) is 0 Å². The maximum absolute atomic E-state index is 10.0. The third-order valence-corrected chi connectivity index (χ3v) is 4.85. The molecule has 0 aromatic heterocycles. The van der Waals surface area contributed by atoms with Crippen LogP contribution >= 0.6 is 0 Å². The van der Waals surface area contributed by atoms with Gasteiger partial charge in [0, 0.05) is 44.7 Å². The molecule has 0 radical (unpaired) electrons. The van der Waals surface area contributed by atoms with Crippen LogP contribution in [0.15, 0.2) is 0 Å². The molecule has 3 aliphatic rings. The van der Waals surface area contributed by atoms with Gasteiger partial charge in [0.2, 0.25) is 0 Å². The maximum Gasteiger partial charge on any atom is 0.0624 e. The zero-order valence-electron chi connectivity index (χ0n) is 11.3. The van der Waals surface area contributed by atoms with Gasteiger partial charge in [-0.2, -0.15) is 0 Å². The van der Waals surface area contributed by atoms with E-state index in [1.165, 1.54) is 45.4 Å². The van der Waals surface area contributed by atoms with Crippen molar-refractivity contribution in [2.75, 3.05) is 45.9 Å². The van der Waals surface area contributed by atoms with Gasteiger partial charge in [0.25, 0.3) is 0 Å². The largest absolute Gasteiger partial charge is 0.393 e. The molecule has 3 aliphatic heterocycles. The Labute approximate surface area is 110 Å². The van der Waals surface area contributed by atoms with Gasteiger partial charge in [-0.25, -0.2) is 0 Å². The first-order chi connectivity index (χ1) is 8.83. The van der Waals surface area contributed by atoms with Crippen LogP contribution in [-0.2, 0) is 4.74 Å².